The maximum Gasteiger partial charge on any atom is 0.202 e. The largest absolute Gasteiger partial charge is 0.465 e. The molecule has 0 aliphatic heterocycles. The zero-order chi connectivity index (χ0) is 19.3. The van der Waals surface area contributed by atoms with Gasteiger partial charge in [-0.25, -0.2) is 0 Å². The van der Waals surface area contributed by atoms with Gasteiger partial charge in [-0.15, -0.1) is 0 Å². The fourth-order valence-corrected chi connectivity index (χ4v) is 3.83. The molecule has 0 amide bonds. The summed E-state index contributed by atoms with van der Waals surface area (Å²) in [5, 5.41) is 0. The van der Waals surface area contributed by atoms with Crippen LogP contribution in [0.25, 0.3) is 0 Å². The van der Waals surface area contributed by atoms with Crippen LogP contribution in [0.15, 0.2) is 36.4 Å². The Balaban J connectivity index is 1.99. The summed E-state index contributed by atoms with van der Waals surface area (Å²) in [4.78, 5) is 0. The van der Waals surface area contributed by atoms with Gasteiger partial charge in [0.25, 0.3) is 0 Å². The first-order chi connectivity index (χ1) is 12.3. The molecule has 0 heterocycles. The predicted octanol–water partition coefficient (Wildman–Crippen LogP) is 6.96. The monoisotopic (exact) mass is 358 g/mol. The molecule has 0 aromatic heterocycles. The maximum absolute atomic E-state index is 6.41. The normalized spacial score (nSPS) is 23.3. The Labute approximate surface area is 161 Å². The van der Waals surface area contributed by atoms with Gasteiger partial charge in [0.2, 0.25) is 6.29 Å². The first-order valence-electron chi connectivity index (χ1n) is 10.4. The van der Waals surface area contributed by atoms with Gasteiger partial charge in [-0.2, -0.15) is 0 Å². The van der Waals surface area contributed by atoms with Crippen LogP contribution in [-0.4, -0.2) is 12.4 Å². The predicted molar refractivity (Wildman–Crippen MR) is 111 cm³/mol. The summed E-state index contributed by atoms with van der Waals surface area (Å²) in [6, 6.07) is 8.43. The molecule has 4 unspecified atom stereocenters. The van der Waals surface area contributed by atoms with Crippen molar-refractivity contribution >= 4 is 0 Å². The minimum atomic E-state index is -0.217. The van der Waals surface area contributed by atoms with Crippen LogP contribution in [-0.2, 0) is 4.74 Å². The molecule has 1 saturated carbocycles. The Morgan fingerprint density at radius 2 is 1.69 bits per heavy atom. The Morgan fingerprint density at radius 3 is 2.23 bits per heavy atom. The maximum atomic E-state index is 6.41. The summed E-state index contributed by atoms with van der Waals surface area (Å²) < 4.78 is 12.6. The van der Waals surface area contributed by atoms with Gasteiger partial charge in [-0.3, -0.25) is 0 Å². The Kier molecular flexibility index (Phi) is 7.76. The van der Waals surface area contributed by atoms with E-state index in [1.54, 1.807) is 0 Å². The SMILES string of the molecule is C=C1CC(CC)CC(C(C)OC(Oc2ccc(C(C)C)cc2)C(C)C)C1. The van der Waals surface area contributed by atoms with Gasteiger partial charge in [0.15, 0.2) is 0 Å². The average Bonchev–Trinajstić information content (AvgIpc) is 2.60. The van der Waals surface area contributed by atoms with E-state index in [2.05, 4.69) is 72.4 Å². The number of hydrogen-bond donors (Lipinski definition) is 0. The van der Waals surface area contributed by atoms with E-state index in [0.717, 1.165) is 18.1 Å². The zero-order valence-corrected chi connectivity index (χ0v) is 17.6. The molecule has 26 heavy (non-hydrogen) atoms. The van der Waals surface area contributed by atoms with Gasteiger partial charge in [-0.05, 0) is 61.6 Å². The molecule has 1 aromatic carbocycles. The molecule has 0 spiro atoms. The van der Waals surface area contributed by atoms with Crippen molar-refractivity contribution in [3.63, 3.8) is 0 Å². The molecule has 146 valence electrons. The Bertz CT molecular complexity index is 558. The smallest absolute Gasteiger partial charge is 0.202 e. The molecule has 2 nitrogen and oxygen atoms in total. The average molecular weight is 359 g/mol. The minimum absolute atomic E-state index is 0.184. The van der Waals surface area contributed by atoms with Crippen LogP contribution >= 0.6 is 0 Å². The van der Waals surface area contributed by atoms with Crippen molar-refractivity contribution in [1.82, 2.24) is 0 Å². The van der Waals surface area contributed by atoms with E-state index in [1.165, 1.54) is 30.4 Å². The van der Waals surface area contributed by atoms with Crippen molar-refractivity contribution in [2.24, 2.45) is 17.8 Å². The fraction of sp³-hybridized carbons (Fsp3) is 0.667. The molecule has 0 N–H and O–H groups in total. The van der Waals surface area contributed by atoms with Crippen LogP contribution in [0.2, 0.25) is 0 Å². The standard InChI is InChI=1S/C24H38O2/c1-8-20-13-18(6)14-22(15-20)19(7)25-24(17(4)5)26-23-11-9-21(10-12-23)16(2)3/h9-12,16-17,19-20,22,24H,6,8,13-15H2,1-5,7H3. The molecule has 2 heteroatoms. The summed E-state index contributed by atoms with van der Waals surface area (Å²) in [7, 11) is 0. The topological polar surface area (TPSA) is 18.5 Å². The first kappa shape index (κ1) is 21.0. The van der Waals surface area contributed by atoms with Crippen molar-refractivity contribution in [1.29, 1.82) is 0 Å². The zero-order valence-electron chi connectivity index (χ0n) is 17.6. The lowest BCUT2D eigenvalue weighted by atomic mass is 9.76. The van der Waals surface area contributed by atoms with Crippen LogP contribution in [0.4, 0.5) is 0 Å². The Morgan fingerprint density at radius 1 is 1.04 bits per heavy atom. The third-order valence-corrected chi connectivity index (χ3v) is 5.70. The molecule has 0 bridgehead atoms. The van der Waals surface area contributed by atoms with Crippen molar-refractivity contribution in [3.8, 4) is 5.75 Å². The highest BCUT2D eigenvalue weighted by Crippen LogP contribution is 2.37. The van der Waals surface area contributed by atoms with Crippen LogP contribution in [0.1, 0.15) is 78.7 Å². The lowest BCUT2D eigenvalue weighted by Crippen LogP contribution is -2.36. The van der Waals surface area contributed by atoms with Crippen molar-refractivity contribution in [2.75, 3.05) is 0 Å². The Hall–Kier alpha value is -1.28. The molecule has 0 saturated heterocycles. The van der Waals surface area contributed by atoms with Gasteiger partial charge in [0.1, 0.15) is 5.75 Å². The molecular formula is C24H38O2. The fourth-order valence-electron chi connectivity index (χ4n) is 3.83. The van der Waals surface area contributed by atoms with Gasteiger partial charge in [0, 0.05) is 5.92 Å². The summed E-state index contributed by atoms with van der Waals surface area (Å²) >= 11 is 0. The second-order valence-electron chi connectivity index (χ2n) is 8.72. The van der Waals surface area contributed by atoms with Crippen LogP contribution in [0.5, 0.6) is 5.75 Å². The lowest BCUT2D eigenvalue weighted by molar-refractivity contribution is -0.154. The second kappa shape index (κ2) is 9.60. The third-order valence-electron chi connectivity index (χ3n) is 5.70. The van der Waals surface area contributed by atoms with Gasteiger partial charge in [-0.1, -0.05) is 65.3 Å². The van der Waals surface area contributed by atoms with Crippen LogP contribution in [0, 0.1) is 17.8 Å². The first-order valence-corrected chi connectivity index (χ1v) is 10.4. The number of ether oxygens (including phenoxy) is 2. The highest BCUT2D eigenvalue weighted by Gasteiger charge is 2.30. The van der Waals surface area contributed by atoms with Gasteiger partial charge in [0.05, 0.1) is 6.10 Å². The van der Waals surface area contributed by atoms with E-state index < -0.39 is 0 Å². The summed E-state index contributed by atoms with van der Waals surface area (Å²) in [6.07, 6.45) is 4.71. The van der Waals surface area contributed by atoms with E-state index in [-0.39, 0.29) is 12.4 Å². The van der Waals surface area contributed by atoms with E-state index in [0.29, 0.717) is 17.8 Å². The molecule has 1 aliphatic carbocycles. The van der Waals surface area contributed by atoms with Crippen LogP contribution < -0.4 is 4.74 Å². The molecule has 1 fully saturated rings. The summed E-state index contributed by atoms with van der Waals surface area (Å²) in [6.45, 7) is 17.5. The number of allylic oxidation sites excluding steroid dienone is 1. The highest BCUT2D eigenvalue weighted by atomic mass is 16.7. The molecule has 0 radical (unpaired) electrons. The molecular weight excluding hydrogens is 320 g/mol. The molecule has 4 atom stereocenters. The van der Waals surface area contributed by atoms with E-state index >= 15 is 0 Å². The number of benzene rings is 1. The second-order valence-corrected chi connectivity index (χ2v) is 8.72. The number of rotatable bonds is 8. The van der Waals surface area contributed by atoms with Crippen molar-refractivity contribution in [2.45, 2.75) is 85.5 Å². The molecule has 1 aliphatic rings. The highest BCUT2D eigenvalue weighted by molar-refractivity contribution is 5.29. The summed E-state index contributed by atoms with van der Waals surface area (Å²) in [5.41, 5.74) is 2.72. The summed E-state index contributed by atoms with van der Waals surface area (Å²) in [5.74, 6) is 3.03. The number of hydrogen-bond acceptors (Lipinski definition) is 2. The molecule has 1 aromatic rings. The van der Waals surface area contributed by atoms with Crippen LogP contribution in [0.3, 0.4) is 0 Å². The van der Waals surface area contributed by atoms with E-state index in [9.17, 15) is 0 Å². The van der Waals surface area contributed by atoms with Crippen molar-refractivity contribution < 1.29 is 9.47 Å². The van der Waals surface area contributed by atoms with Gasteiger partial charge < -0.3 is 9.47 Å². The van der Waals surface area contributed by atoms with E-state index in [4.69, 9.17) is 9.47 Å². The molecule has 2 rings (SSSR count). The lowest BCUT2D eigenvalue weighted by Gasteiger charge is -2.36. The van der Waals surface area contributed by atoms with Gasteiger partial charge >= 0.3 is 0 Å². The third kappa shape index (κ3) is 5.87. The minimum Gasteiger partial charge on any atom is -0.465 e. The quantitative estimate of drug-likeness (QED) is 0.369. The van der Waals surface area contributed by atoms with E-state index in [1.807, 2.05) is 0 Å². The van der Waals surface area contributed by atoms with Crippen molar-refractivity contribution in [3.05, 3.63) is 42.0 Å².